The van der Waals surface area contributed by atoms with Crippen LogP contribution in [-0.2, 0) is 9.59 Å². The van der Waals surface area contributed by atoms with Gasteiger partial charge < -0.3 is 14.8 Å². The molecule has 0 aliphatic carbocycles. The third-order valence-electron chi connectivity index (χ3n) is 2.61. The number of nitrogens with one attached hydrogen (secondary N) is 1. The number of carboxylic acid groups (broad SMARTS) is 1. The third kappa shape index (κ3) is 2.98. The van der Waals surface area contributed by atoms with Gasteiger partial charge in [0.05, 0.1) is 6.20 Å². The van der Waals surface area contributed by atoms with Gasteiger partial charge in [-0.15, -0.1) is 0 Å². The Labute approximate surface area is 109 Å². The van der Waals surface area contributed by atoms with Crippen LogP contribution in [0, 0.1) is 5.92 Å². The molecule has 0 aliphatic rings. The molecule has 0 saturated heterocycles. The fourth-order valence-electron chi connectivity index (χ4n) is 1.47. The summed E-state index contributed by atoms with van der Waals surface area (Å²) in [5.41, 5.74) is 1.25. The average molecular weight is 260 g/mol. The van der Waals surface area contributed by atoms with Crippen molar-refractivity contribution >= 4 is 17.6 Å². The minimum atomic E-state index is -1.16. The average Bonchev–Trinajstić information content (AvgIpc) is 2.91. The first-order chi connectivity index (χ1) is 9.08. The maximum atomic E-state index is 11.6. The number of carbonyl (C=O) groups excluding carboxylic acids is 1. The number of aliphatic carboxylic acids is 1. The maximum absolute atomic E-state index is 11.6. The van der Waals surface area contributed by atoms with Gasteiger partial charge in [0.25, 0.3) is 0 Å². The monoisotopic (exact) mass is 260 g/mol. The van der Waals surface area contributed by atoms with Crippen LogP contribution in [0.3, 0.4) is 0 Å². The van der Waals surface area contributed by atoms with Gasteiger partial charge in [0, 0.05) is 11.3 Å². The predicted molar refractivity (Wildman–Crippen MR) is 67.4 cm³/mol. The lowest BCUT2D eigenvalue weighted by Gasteiger charge is -2.08. The number of nitrogens with zero attached hydrogens (tertiary/aromatic N) is 1. The highest BCUT2D eigenvalue weighted by Crippen LogP contribution is 2.22. The number of aromatic nitrogens is 1. The third-order valence-corrected chi connectivity index (χ3v) is 2.61. The molecule has 1 amide bonds. The molecule has 0 bridgehead atoms. The lowest BCUT2D eigenvalue weighted by molar-refractivity contribution is -0.144. The quantitative estimate of drug-likeness (QED) is 0.820. The Morgan fingerprint density at radius 3 is 2.84 bits per heavy atom. The molecule has 0 fully saturated rings. The highest BCUT2D eigenvalue weighted by molar-refractivity contribution is 6.04. The number of amides is 1. The highest BCUT2D eigenvalue weighted by Gasteiger charge is 2.20. The summed E-state index contributed by atoms with van der Waals surface area (Å²) in [5.74, 6) is -2.26. The van der Waals surface area contributed by atoms with Crippen LogP contribution in [0.4, 0.5) is 5.69 Å². The summed E-state index contributed by atoms with van der Waals surface area (Å²) in [5, 5.41) is 11.3. The first-order valence-corrected chi connectivity index (χ1v) is 5.60. The van der Waals surface area contributed by atoms with Gasteiger partial charge in [-0.25, -0.2) is 4.98 Å². The smallest absolute Gasteiger partial charge is 0.315 e. The van der Waals surface area contributed by atoms with E-state index in [0.29, 0.717) is 11.4 Å². The molecular weight excluding hydrogens is 248 g/mol. The second-order valence-electron chi connectivity index (χ2n) is 4.00. The van der Waals surface area contributed by atoms with Crippen LogP contribution >= 0.6 is 0 Å². The Morgan fingerprint density at radius 1 is 1.42 bits per heavy atom. The molecule has 19 heavy (non-hydrogen) atoms. The van der Waals surface area contributed by atoms with Gasteiger partial charge in [-0.1, -0.05) is 12.1 Å². The van der Waals surface area contributed by atoms with Gasteiger partial charge in [0.15, 0.2) is 12.2 Å². The van der Waals surface area contributed by atoms with Crippen molar-refractivity contribution in [3.05, 3.63) is 36.9 Å². The zero-order valence-electron chi connectivity index (χ0n) is 10.2. The van der Waals surface area contributed by atoms with Gasteiger partial charge in [-0.2, -0.15) is 0 Å². The molecule has 1 unspecified atom stereocenters. The Bertz CT molecular complexity index is 592. The van der Waals surface area contributed by atoms with E-state index in [2.05, 4.69) is 10.3 Å². The van der Waals surface area contributed by atoms with Crippen molar-refractivity contribution in [1.82, 2.24) is 4.98 Å². The van der Waals surface area contributed by atoms with E-state index >= 15 is 0 Å². The van der Waals surface area contributed by atoms with E-state index in [9.17, 15) is 9.59 Å². The van der Waals surface area contributed by atoms with E-state index in [1.54, 1.807) is 30.5 Å². The van der Waals surface area contributed by atoms with Gasteiger partial charge in [-0.05, 0) is 19.1 Å². The van der Waals surface area contributed by atoms with Crippen LogP contribution in [0.5, 0.6) is 0 Å². The number of hydrogen-bond donors (Lipinski definition) is 2. The molecule has 1 aromatic heterocycles. The number of oxazole rings is 1. The van der Waals surface area contributed by atoms with Crippen LogP contribution in [0.25, 0.3) is 11.3 Å². The normalized spacial score (nSPS) is 11.8. The zero-order valence-corrected chi connectivity index (χ0v) is 10.2. The van der Waals surface area contributed by atoms with Crippen molar-refractivity contribution < 1.29 is 19.1 Å². The van der Waals surface area contributed by atoms with E-state index in [-0.39, 0.29) is 0 Å². The molecular formula is C13H12N2O4. The molecule has 1 atom stereocenters. The lowest BCUT2D eigenvalue weighted by Crippen LogP contribution is -2.26. The number of carbonyl (C=O) groups is 2. The summed E-state index contributed by atoms with van der Waals surface area (Å²) >= 11 is 0. The van der Waals surface area contributed by atoms with Crippen molar-refractivity contribution in [2.45, 2.75) is 6.92 Å². The molecule has 0 radical (unpaired) electrons. The first-order valence-electron chi connectivity index (χ1n) is 5.60. The molecule has 2 rings (SSSR count). The number of carboxylic acids is 1. The van der Waals surface area contributed by atoms with E-state index in [1.807, 2.05) is 0 Å². The molecule has 1 aromatic carbocycles. The van der Waals surface area contributed by atoms with Gasteiger partial charge in [-0.3, -0.25) is 9.59 Å². The summed E-state index contributed by atoms with van der Waals surface area (Å²) < 4.78 is 5.15. The largest absolute Gasteiger partial charge is 0.481 e. The van der Waals surface area contributed by atoms with Crippen molar-refractivity contribution in [2.24, 2.45) is 5.92 Å². The van der Waals surface area contributed by atoms with Crippen LogP contribution in [0.15, 0.2) is 41.3 Å². The van der Waals surface area contributed by atoms with Gasteiger partial charge in [0.1, 0.15) is 5.92 Å². The molecule has 0 saturated carbocycles. The Hall–Kier alpha value is -2.63. The molecule has 6 nitrogen and oxygen atoms in total. The van der Waals surface area contributed by atoms with Gasteiger partial charge >= 0.3 is 5.97 Å². The van der Waals surface area contributed by atoms with Crippen molar-refractivity contribution in [2.75, 3.05) is 5.32 Å². The standard InChI is InChI=1S/C13H12N2O4/c1-8(13(17)18)12(16)15-10-4-2-3-9(5-10)11-6-14-7-19-11/h2-8H,1H3,(H,15,16)(H,17,18). The second kappa shape index (κ2) is 5.34. The minimum absolute atomic E-state index is 0.506. The number of benzene rings is 1. The van der Waals surface area contributed by atoms with E-state index < -0.39 is 17.8 Å². The van der Waals surface area contributed by atoms with E-state index in [1.165, 1.54) is 13.3 Å². The minimum Gasteiger partial charge on any atom is -0.481 e. The van der Waals surface area contributed by atoms with Crippen LogP contribution in [0.1, 0.15) is 6.92 Å². The van der Waals surface area contributed by atoms with Crippen molar-refractivity contribution in [1.29, 1.82) is 0 Å². The Kier molecular flexibility index (Phi) is 3.61. The first kappa shape index (κ1) is 12.8. The number of anilines is 1. The fourth-order valence-corrected chi connectivity index (χ4v) is 1.47. The Morgan fingerprint density at radius 2 is 2.21 bits per heavy atom. The SMILES string of the molecule is CC(C(=O)O)C(=O)Nc1cccc(-c2cnco2)c1. The molecule has 1 heterocycles. The number of hydrogen-bond acceptors (Lipinski definition) is 4. The number of rotatable bonds is 4. The maximum Gasteiger partial charge on any atom is 0.315 e. The fraction of sp³-hybridized carbons (Fsp3) is 0.154. The summed E-state index contributed by atoms with van der Waals surface area (Å²) in [6.07, 6.45) is 2.87. The lowest BCUT2D eigenvalue weighted by atomic mass is 10.1. The van der Waals surface area contributed by atoms with Crippen LogP contribution in [-0.4, -0.2) is 22.0 Å². The van der Waals surface area contributed by atoms with Crippen molar-refractivity contribution in [3.63, 3.8) is 0 Å². The predicted octanol–water partition coefficient (Wildman–Crippen LogP) is 2.00. The Balaban J connectivity index is 2.16. The summed E-state index contributed by atoms with van der Waals surface area (Å²) in [6.45, 7) is 1.33. The van der Waals surface area contributed by atoms with E-state index in [4.69, 9.17) is 9.52 Å². The molecule has 6 heteroatoms. The molecule has 2 aromatic rings. The highest BCUT2D eigenvalue weighted by atomic mass is 16.4. The molecule has 98 valence electrons. The molecule has 0 aliphatic heterocycles. The van der Waals surface area contributed by atoms with Crippen LogP contribution < -0.4 is 5.32 Å². The van der Waals surface area contributed by atoms with Crippen molar-refractivity contribution in [3.8, 4) is 11.3 Å². The summed E-state index contributed by atoms with van der Waals surface area (Å²) in [4.78, 5) is 26.1. The summed E-state index contributed by atoms with van der Waals surface area (Å²) in [7, 11) is 0. The molecule has 0 spiro atoms. The van der Waals surface area contributed by atoms with Crippen LogP contribution in [0.2, 0.25) is 0 Å². The molecule has 2 N–H and O–H groups in total. The topological polar surface area (TPSA) is 92.4 Å². The zero-order chi connectivity index (χ0) is 13.8. The van der Waals surface area contributed by atoms with E-state index in [0.717, 1.165) is 5.56 Å². The van der Waals surface area contributed by atoms with Gasteiger partial charge in [0.2, 0.25) is 5.91 Å². The summed E-state index contributed by atoms with van der Waals surface area (Å²) in [6, 6.07) is 6.90. The second-order valence-corrected chi connectivity index (χ2v) is 4.00.